The second kappa shape index (κ2) is 5.96. The van der Waals surface area contributed by atoms with Gasteiger partial charge in [-0.3, -0.25) is 4.79 Å². The van der Waals surface area contributed by atoms with Crippen molar-refractivity contribution in [2.45, 2.75) is 26.2 Å². The average Bonchev–Trinajstić information content (AvgIpc) is 2.67. The van der Waals surface area contributed by atoms with Gasteiger partial charge >= 0.3 is 0 Å². The van der Waals surface area contributed by atoms with Gasteiger partial charge < -0.3 is 4.98 Å². The summed E-state index contributed by atoms with van der Waals surface area (Å²) >= 11 is 0. The fraction of sp³-hybridized carbons (Fsp3) is 0.400. The normalized spacial score (nSPS) is 10.6. The molecule has 14 heavy (non-hydrogen) atoms. The van der Waals surface area contributed by atoms with Crippen molar-refractivity contribution in [2.24, 2.45) is 5.10 Å². The Kier molecular flexibility index (Phi) is 4.47. The van der Waals surface area contributed by atoms with E-state index in [1.54, 1.807) is 12.4 Å². The van der Waals surface area contributed by atoms with Crippen LogP contribution in [0.3, 0.4) is 0 Å². The molecule has 1 aromatic rings. The highest BCUT2D eigenvalue weighted by molar-refractivity contribution is 5.80. The third-order valence-electron chi connectivity index (χ3n) is 1.77. The molecule has 0 bridgehead atoms. The molecule has 0 saturated heterocycles. The van der Waals surface area contributed by atoms with E-state index in [9.17, 15) is 4.79 Å². The fourth-order valence-electron chi connectivity index (χ4n) is 0.992. The number of aromatic amines is 1. The first-order valence-electron chi connectivity index (χ1n) is 4.78. The van der Waals surface area contributed by atoms with E-state index in [-0.39, 0.29) is 5.91 Å². The predicted octanol–water partition coefficient (Wildman–Crippen LogP) is 1.65. The first kappa shape index (κ1) is 10.5. The number of amides is 1. The monoisotopic (exact) mass is 193 g/mol. The molecule has 1 amide bonds. The minimum Gasteiger partial charge on any atom is -0.360 e. The number of nitrogens with zero attached hydrogens (tertiary/aromatic N) is 1. The lowest BCUT2D eigenvalue weighted by molar-refractivity contribution is -0.121. The molecule has 0 unspecified atom stereocenters. The lowest BCUT2D eigenvalue weighted by Crippen LogP contribution is -2.16. The van der Waals surface area contributed by atoms with Crippen LogP contribution in [0, 0.1) is 0 Å². The molecule has 0 saturated carbocycles. The Morgan fingerprint density at radius 3 is 3.21 bits per heavy atom. The molecule has 76 valence electrons. The highest BCUT2D eigenvalue weighted by Crippen LogP contribution is 1.93. The van der Waals surface area contributed by atoms with Gasteiger partial charge in [0.25, 0.3) is 0 Å². The zero-order valence-corrected chi connectivity index (χ0v) is 8.29. The van der Waals surface area contributed by atoms with Crippen LogP contribution in [0.4, 0.5) is 0 Å². The number of carbonyl (C=O) groups is 1. The lowest BCUT2D eigenvalue weighted by Gasteiger charge is -1.96. The molecule has 0 aromatic carbocycles. The molecule has 1 rings (SSSR count). The van der Waals surface area contributed by atoms with Crippen LogP contribution in [0.15, 0.2) is 23.4 Å². The van der Waals surface area contributed by atoms with Crippen LogP contribution in [0.25, 0.3) is 0 Å². The van der Waals surface area contributed by atoms with Crippen molar-refractivity contribution in [3.63, 3.8) is 0 Å². The standard InChI is InChI=1S/C10H15N3O/c1-2-3-6-10(14)13-12-8-9-5-4-7-11-9/h4-5,7-8,11H,2-3,6H2,1H3,(H,13,14)/b12-8-. The van der Waals surface area contributed by atoms with Crippen molar-refractivity contribution in [1.29, 1.82) is 0 Å². The fourth-order valence-corrected chi connectivity index (χ4v) is 0.992. The molecule has 0 radical (unpaired) electrons. The minimum atomic E-state index is -0.0327. The third kappa shape index (κ3) is 3.89. The summed E-state index contributed by atoms with van der Waals surface area (Å²) in [4.78, 5) is 14.0. The Labute approximate surface area is 83.4 Å². The lowest BCUT2D eigenvalue weighted by atomic mass is 10.2. The van der Waals surface area contributed by atoms with Crippen LogP contribution in [0.5, 0.6) is 0 Å². The quantitative estimate of drug-likeness (QED) is 0.542. The Balaban J connectivity index is 2.23. The van der Waals surface area contributed by atoms with Gasteiger partial charge in [-0.25, -0.2) is 5.43 Å². The molecule has 4 nitrogen and oxygen atoms in total. The summed E-state index contributed by atoms with van der Waals surface area (Å²) in [6, 6.07) is 3.75. The molecule has 2 N–H and O–H groups in total. The van der Waals surface area contributed by atoms with E-state index in [0.29, 0.717) is 6.42 Å². The molecule has 0 aliphatic heterocycles. The minimum absolute atomic E-state index is 0.0327. The van der Waals surface area contributed by atoms with Crippen molar-refractivity contribution in [3.05, 3.63) is 24.0 Å². The van der Waals surface area contributed by atoms with Crippen LogP contribution >= 0.6 is 0 Å². The van der Waals surface area contributed by atoms with Crippen LogP contribution in [-0.4, -0.2) is 17.1 Å². The van der Waals surface area contributed by atoms with Gasteiger partial charge in [0.1, 0.15) is 0 Å². The van der Waals surface area contributed by atoms with E-state index >= 15 is 0 Å². The number of rotatable bonds is 5. The molecular formula is C10H15N3O. The van der Waals surface area contributed by atoms with E-state index in [4.69, 9.17) is 0 Å². The van der Waals surface area contributed by atoms with E-state index in [0.717, 1.165) is 18.5 Å². The number of hydrogen-bond donors (Lipinski definition) is 2. The Morgan fingerprint density at radius 2 is 2.57 bits per heavy atom. The maximum Gasteiger partial charge on any atom is 0.240 e. The number of hydrogen-bond acceptors (Lipinski definition) is 2. The summed E-state index contributed by atoms with van der Waals surface area (Å²) < 4.78 is 0. The number of H-pyrrole nitrogens is 1. The van der Waals surface area contributed by atoms with E-state index in [1.165, 1.54) is 0 Å². The number of carbonyl (C=O) groups excluding carboxylic acids is 1. The summed E-state index contributed by atoms with van der Waals surface area (Å²) in [5.74, 6) is -0.0327. The summed E-state index contributed by atoms with van der Waals surface area (Å²) in [6.45, 7) is 2.05. The smallest absolute Gasteiger partial charge is 0.240 e. The largest absolute Gasteiger partial charge is 0.360 e. The molecule has 0 aliphatic rings. The van der Waals surface area contributed by atoms with Crippen molar-refractivity contribution in [2.75, 3.05) is 0 Å². The topological polar surface area (TPSA) is 57.2 Å². The maximum atomic E-state index is 11.1. The predicted molar refractivity (Wildman–Crippen MR) is 56.1 cm³/mol. The highest BCUT2D eigenvalue weighted by Gasteiger charge is 1.96. The average molecular weight is 193 g/mol. The molecule has 0 aliphatic carbocycles. The first-order chi connectivity index (χ1) is 6.83. The second-order valence-corrected chi connectivity index (χ2v) is 3.02. The molecule has 4 heteroatoms. The van der Waals surface area contributed by atoms with Crippen molar-refractivity contribution in [3.8, 4) is 0 Å². The van der Waals surface area contributed by atoms with Crippen LogP contribution in [0.2, 0.25) is 0 Å². The Bertz CT molecular complexity index is 290. The zero-order chi connectivity index (χ0) is 10.2. The number of aromatic nitrogens is 1. The highest BCUT2D eigenvalue weighted by atomic mass is 16.2. The molecule has 0 fully saturated rings. The van der Waals surface area contributed by atoms with E-state index in [2.05, 4.69) is 22.4 Å². The van der Waals surface area contributed by atoms with Crippen LogP contribution in [-0.2, 0) is 4.79 Å². The number of nitrogens with one attached hydrogen (secondary N) is 2. The van der Waals surface area contributed by atoms with Crippen molar-refractivity contribution < 1.29 is 4.79 Å². The molecular weight excluding hydrogens is 178 g/mol. The molecule has 0 spiro atoms. The second-order valence-electron chi connectivity index (χ2n) is 3.02. The van der Waals surface area contributed by atoms with Crippen LogP contribution in [0.1, 0.15) is 31.9 Å². The van der Waals surface area contributed by atoms with E-state index < -0.39 is 0 Å². The van der Waals surface area contributed by atoms with Gasteiger partial charge in [-0.05, 0) is 18.6 Å². The van der Waals surface area contributed by atoms with Gasteiger partial charge in [-0.1, -0.05) is 13.3 Å². The summed E-state index contributed by atoms with van der Waals surface area (Å²) in [5.41, 5.74) is 3.34. The summed E-state index contributed by atoms with van der Waals surface area (Å²) in [7, 11) is 0. The van der Waals surface area contributed by atoms with Gasteiger partial charge in [0, 0.05) is 12.6 Å². The van der Waals surface area contributed by atoms with Crippen molar-refractivity contribution >= 4 is 12.1 Å². The van der Waals surface area contributed by atoms with Crippen LogP contribution < -0.4 is 5.43 Å². The van der Waals surface area contributed by atoms with Crippen molar-refractivity contribution in [1.82, 2.24) is 10.4 Å². The summed E-state index contributed by atoms with van der Waals surface area (Å²) in [5, 5.41) is 3.81. The van der Waals surface area contributed by atoms with E-state index in [1.807, 2.05) is 12.1 Å². The SMILES string of the molecule is CCCCC(=O)N/N=C\c1ccc[nH]1. The first-order valence-corrected chi connectivity index (χ1v) is 4.78. The van der Waals surface area contributed by atoms with Gasteiger partial charge in [-0.15, -0.1) is 0 Å². The zero-order valence-electron chi connectivity index (χ0n) is 8.29. The Morgan fingerprint density at radius 1 is 1.71 bits per heavy atom. The third-order valence-corrected chi connectivity index (χ3v) is 1.77. The maximum absolute atomic E-state index is 11.1. The summed E-state index contributed by atoms with van der Waals surface area (Å²) in [6.07, 6.45) is 5.86. The van der Waals surface area contributed by atoms with Gasteiger partial charge in [0.2, 0.25) is 5.91 Å². The number of hydrazone groups is 1. The van der Waals surface area contributed by atoms with Gasteiger partial charge in [-0.2, -0.15) is 5.10 Å². The van der Waals surface area contributed by atoms with Gasteiger partial charge in [0.15, 0.2) is 0 Å². The Hall–Kier alpha value is -1.58. The number of unbranched alkanes of at least 4 members (excludes halogenated alkanes) is 1. The molecule has 1 aromatic heterocycles. The molecule has 1 heterocycles. The molecule has 0 atom stereocenters. The van der Waals surface area contributed by atoms with Gasteiger partial charge in [0.05, 0.1) is 11.9 Å².